The maximum Gasteiger partial charge on any atom is 0.313 e. The molecule has 2 aromatic rings. The van der Waals surface area contributed by atoms with E-state index in [1.54, 1.807) is 18.2 Å². The van der Waals surface area contributed by atoms with Crippen LogP contribution in [0.15, 0.2) is 48.5 Å². The van der Waals surface area contributed by atoms with Crippen LogP contribution in [0, 0.1) is 0 Å². The first kappa shape index (κ1) is 17.3. The van der Waals surface area contributed by atoms with E-state index in [1.807, 2.05) is 30.3 Å². The van der Waals surface area contributed by atoms with Gasteiger partial charge in [-0.15, -0.1) is 0 Å². The van der Waals surface area contributed by atoms with Crippen LogP contribution in [-0.2, 0) is 16.0 Å². The van der Waals surface area contributed by atoms with E-state index in [1.165, 1.54) is 14.2 Å². The zero-order valence-electron chi connectivity index (χ0n) is 13.7. The Morgan fingerprint density at radius 2 is 1.71 bits per heavy atom. The molecule has 24 heavy (non-hydrogen) atoms. The summed E-state index contributed by atoms with van der Waals surface area (Å²) in [6.07, 6.45) is 0.655. The van der Waals surface area contributed by atoms with Crippen LogP contribution in [0.1, 0.15) is 5.56 Å². The smallest absolute Gasteiger partial charge is 0.313 e. The fraction of sp³-hybridized carbons (Fsp3) is 0.222. The average Bonchev–Trinajstić information content (AvgIpc) is 2.62. The average molecular weight is 328 g/mol. The largest absolute Gasteiger partial charge is 0.497 e. The van der Waals surface area contributed by atoms with Gasteiger partial charge >= 0.3 is 11.8 Å². The number of rotatable bonds is 6. The second-order valence-corrected chi connectivity index (χ2v) is 5.01. The van der Waals surface area contributed by atoms with Crippen LogP contribution in [0.2, 0.25) is 0 Å². The van der Waals surface area contributed by atoms with Crippen molar-refractivity contribution in [3.8, 4) is 11.5 Å². The zero-order chi connectivity index (χ0) is 17.4. The summed E-state index contributed by atoms with van der Waals surface area (Å²) in [7, 11) is 3.00. The maximum atomic E-state index is 12.0. The van der Waals surface area contributed by atoms with E-state index in [2.05, 4.69) is 10.6 Å². The number of amides is 2. The molecule has 6 heteroatoms. The maximum absolute atomic E-state index is 12.0. The van der Waals surface area contributed by atoms with Crippen molar-refractivity contribution in [2.45, 2.75) is 6.42 Å². The summed E-state index contributed by atoms with van der Waals surface area (Å²) in [5.74, 6) is -0.456. The van der Waals surface area contributed by atoms with Gasteiger partial charge in [0.05, 0.1) is 19.9 Å². The highest BCUT2D eigenvalue weighted by atomic mass is 16.5. The first-order valence-corrected chi connectivity index (χ1v) is 7.49. The summed E-state index contributed by atoms with van der Waals surface area (Å²) in [5, 5.41) is 5.12. The lowest BCUT2D eigenvalue weighted by molar-refractivity contribution is -0.136. The Balaban J connectivity index is 1.90. The molecular weight excluding hydrogens is 308 g/mol. The minimum atomic E-state index is -0.755. The Morgan fingerprint density at radius 3 is 2.38 bits per heavy atom. The van der Waals surface area contributed by atoms with Crippen molar-refractivity contribution < 1.29 is 19.1 Å². The molecule has 0 aliphatic heterocycles. The van der Waals surface area contributed by atoms with Gasteiger partial charge in [-0.2, -0.15) is 0 Å². The molecule has 0 radical (unpaired) electrons. The summed E-state index contributed by atoms with van der Waals surface area (Å²) in [6.45, 7) is 0.380. The molecule has 0 saturated heterocycles. The number of ether oxygens (including phenoxy) is 2. The Hall–Kier alpha value is -3.02. The Kier molecular flexibility index (Phi) is 6.19. The molecule has 0 aliphatic carbocycles. The molecule has 2 amide bonds. The molecular formula is C18H20N2O4. The van der Waals surface area contributed by atoms with Crippen molar-refractivity contribution in [3.05, 3.63) is 54.1 Å². The highest BCUT2D eigenvalue weighted by molar-refractivity contribution is 6.39. The fourth-order valence-corrected chi connectivity index (χ4v) is 2.14. The SMILES string of the molecule is COc1ccc(OC)c(NC(=O)C(=O)NCCc2ccccc2)c1. The van der Waals surface area contributed by atoms with Gasteiger partial charge in [-0.1, -0.05) is 30.3 Å². The molecule has 126 valence electrons. The van der Waals surface area contributed by atoms with Gasteiger partial charge in [-0.25, -0.2) is 0 Å². The highest BCUT2D eigenvalue weighted by Gasteiger charge is 2.16. The molecule has 0 unspecified atom stereocenters. The van der Waals surface area contributed by atoms with Gasteiger partial charge in [0, 0.05) is 12.6 Å². The van der Waals surface area contributed by atoms with E-state index < -0.39 is 11.8 Å². The van der Waals surface area contributed by atoms with Gasteiger partial charge in [0.25, 0.3) is 0 Å². The van der Waals surface area contributed by atoms with E-state index in [-0.39, 0.29) is 0 Å². The quantitative estimate of drug-likeness (QED) is 0.795. The Labute approximate surface area is 140 Å². The van der Waals surface area contributed by atoms with Crippen molar-refractivity contribution >= 4 is 17.5 Å². The Bertz CT molecular complexity index is 701. The first-order chi connectivity index (χ1) is 11.6. The number of carbonyl (C=O) groups excluding carboxylic acids is 2. The van der Waals surface area contributed by atoms with Gasteiger partial charge in [0.1, 0.15) is 11.5 Å². The predicted octanol–water partition coefficient (Wildman–Crippen LogP) is 2.00. The number of benzene rings is 2. The molecule has 0 aromatic heterocycles. The molecule has 0 bridgehead atoms. The molecule has 2 N–H and O–H groups in total. The second-order valence-electron chi connectivity index (χ2n) is 5.01. The van der Waals surface area contributed by atoms with Crippen molar-refractivity contribution in [2.75, 3.05) is 26.1 Å². The number of nitrogens with one attached hydrogen (secondary N) is 2. The van der Waals surface area contributed by atoms with Crippen molar-refractivity contribution in [1.29, 1.82) is 0 Å². The van der Waals surface area contributed by atoms with Crippen molar-refractivity contribution in [3.63, 3.8) is 0 Å². The predicted molar refractivity (Wildman–Crippen MR) is 91.3 cm³/mol. The van der Waals surface area contributed by atoms with E-state index in [9.17, 15) is 9.59 Å². The van der Waals surface area contributed by atoms with E-state index in [4.69, 9.17) is 9.47 Å². The molecule has 2 rings (SSSR count). The number of carbonyl (C=O) groups is 2. The van der Waals surface area contributed by atoms with Gasteiger partial charge in [-0.05, 0) is 24.1 Å². The van der Waals surface area contributed by atoms with E-state index >= 15 is 0 Å². The van der Waals surface area contributed by atoms with Crippen LogP contribution in [-0.4, -0.2) is 32.6 Å². The molecule has 6 nitrogen and oxygen atoms in total. The standard InChI is InChI=1S/C18H20N2O4/c1-23-14-8-9-16(24-2)15(12-14)20-18(22)17(21)19-11-10-13-6-4-3-5-7-13/h3-9,12H,10-11H2,1-2H3,(H,19,21)(H,20,22). The van der Waals surface area contributed by atoms with Crippen LogP contribution >= 0.6 is 0 Å². The van der Waals surface area contributed by atoms with Crippen LogP contribution in [0.3, 0.4) is 0 Å². The lowest BCUT2D eigenvalue weighted by Crippen LogP contribution is -2.36. The van der Waals surface area contributed by atoms with Gasteiger partial charge in [0.2, 0.25) is 0 Å². The number of anilines is 1. The minimum absolute atomic E-state index is 0.375. The second kappa shape index (κ2) is 8.57. The monoisotopic (exact) mass is 328 g/mol. The summed E-state index contributed by atoms with van der Waals surface area (Å²) in [5.41, 5.74) is 1.47. The molecule has 0 spiro atoms. The minimum Gasteiger partial charge on any atom is -0.497 e. The molecule has 0 atom stereocenters. The molecule has 2 aromatic carbocycles. The van der Waals surface area contributed by atoms with Crippen LogP contribution < -0.4 is 20.1 Å². The fourth-order valence-electron chi connectivity index (χ4n) is 2.14. The topological polar surface area (TPSA) is 76.7 Å². The van der Waals surface area contributed by atoms with Crippen LogP contribution in [0.25, 0.3) is 0 Å². The van der Waals surface area contributed by atoms with Crippen molar-refractivity contribution in [2.24, 2.45) is 0 Å². The molecule has 0 fully saturated rings. The lowest BCUT2D eigenvalue weighted by atomic mass is 10.1. The van der Waals surface area contributed by atoms with Crippen molar-refractivity contribution in [1.82, 2.24) is 5.32 Å². The molecule has 0 heterocycles. The molecule has 0 aliphatic rings. The summed E-state index contributed by atoms with van der Waals surface area (Å²) in [4.78, 5) is 23.9. The third-order valence-electron chi connectivity index (χ3n) is 3.40. The number of hydrogen-bond donors (Lipinski definition) is 2. The lowest BCUT2D eigenvalue weighted by Gasteiger charge is -2.11. The summed E-state index contributed by atoms with van der Waals surface area (Å²) in [6, 6.07) is 14.7. The van der Waals surface area contributed by atoms with E-state index in [0.717, 1.165) is 5.56 Å². The number of hydrogen-bond acceptors (Lipinski definition) is 4. The van der Waals surface area contributed by atoms with Crippen LogP contribution in [0.4, 0.5) is 5.69 Å². The van der Waals surface area contributed by atoms with E-state index in [0.29, 0.717) is 30.2 Å². The van der Waals surface area contributed by atoms with Gasteiger partial charge < -0.3 is 20.1 Å². The zero-order valence-corrected chi connectivity index (χ0v) is 13.7. The van der Waals surface area contributed by atoms with Gasteiger partial charge in [0.15, 0.2) is 0 Å². The third kappa shape index (κ3) is 4.74. The first-order valence-electron chi connectivity index (χ1n) is 7.49. The van der Waals surface area contributed by atoms with Gasteiger partial charge in [-0.3, -0.25) is 9.59 Å². The normalized spacial score (nSPS) is 9.92. The molecule has 0 saturated carbocycles. The van der Waals surface area contributed by atoms with Crippen LogP contribution in [0.5, 0.6) is 11.5 Å². The summed E-state index contributed by atoms with van der Waals surface area (Å²) < 4.78 is 10.3. The summed E-state index contributed by atoms with van der Waals surface area (Å²) >= 11 is 0. The third-order valence-corrected chi connectivity index (χ3v) is 3.40. The Morgan fingerprint density at radius 1 is 0.958 bits per heavy atom. The number of methoxy groups -OCH3 is 2. The highest BCUT2D eigenvalue weighted by Crippen LogP contribution is 2.28.